The Morgan fingerprint density at radius 2 is 1.83 bits per heavy atom. The van der Waals surface area contributed by atoms with Crippen LogP contribution in [0, 0.1) is 0 Å². The minimum atomic E-state index is -3.48. The second kappa shape index (κ2) is 4.61. The van der Waals surface area contributed by atoms with Crippen molar-refractivity contribution in [2.45, 2.75) is 26.4 Å². The number of anilines is 1. The predicted octanol–water partition coefficient (Wildman–Crippen LogP) is 1.54. The van der Waals surface area contributed by atoms with E-state index in [0.29, 0.717) is 11.4 Å². The van der Waals surface area contributed by atoms with Gasteiger partial charge in [-0.25, -0.2) is 12.7 Å². The Kier molecular flexibility index (Phi) is 3.30. The van der Waals surface area contributed by atoms with Crippen molar-refractivity contribution in [1.82, 2.24) is 0 Å². The summed E-state index contributed by atoms with van der Waals surface area (Å²) in [6.07, 6.45) is 0.0973. The maximum atomic E-state index is 11.7. The van der Waals surface area contributed by atoms with E-state index in [-0.39, 0.29) is 24.2 Å². The normalized spacial score (nSPS) is 18.4. The van der Waals surface area contributed by atoms with Crippen LogP contribution in [0.15, 0.2) is 24.3 Å². The number of hydrogen-bond acceptors (Lipinski definition) is 4. The topological polar surface area (TPSA) is 63.7 Å². The van der Waals surface area contributed by atoms with Gasteiger partial charge in [0.05, 0.1) is 17.5 Å². The molecule has 1 aliphatic heterocycles. The van der Waals surface area contributed by atoms with Crippen LogP contribution in [0.2, 0.25) is 0 Å². The molecular weight excluding hydrogens is 254 g/mol. The summed E-state index contributed by atoms with van der Waals surface area (Å²) in [4.78, 5) is 11.6. The molecule has 98 valence electrons. The van der Waals surface area contributed by atoms with E-state index < -0.39 is 10.0 Å². The molecule has 18 heavy (non-hydrogen) atoms. The van der Waals surface area contributed by atoms with Crippen LogP contribution in [0.3, 0.4) is 0 Å². The number of amides is 1. The second-order valence-electron chi connectivity index (χ2n) is 4.38. The van der Waals surface area contributed by atoms with Crippen LogP contribution in [-0.4, -0.2) is 26.2 Å². The molecule has 5 nitrogen and oxygen atoms in total. The molecule has 0 bridgehead atoms. The first-order valence-electron chi connectivity index (χ1n) is 5.73. The molecule has 1 heterocycles. The second-order valence-corrected chi connectivity index (χ2v) is 6.32. The molecule has 0 unspecified atom stereocenters. The Bertz CT molecular complexity index is 548. The fraction of sp³-hybridized carbons (Fsp3) is 0.417. The number of sulfonamides is 1. The van der Waals surface area contributed by atoms with E-state index in [1.165, 1.54) is 0 Å². The van der Waals surface area contributed by atoms with E-state index in [0.717, 1.165) is 4.31 Å². The van der Waals surface area contributed by atoms with Crippen LogP contribution in [0.4, 0.5) is 5.69 Å². The number of carbonyl (C=O) groups is 1. The standard InChI is InChI=1S/C12H15NO4S/c1-9(2)17-11-5-3-10(4-6-11)13-12(14)7-8-18(13,15)16/h3-6,9H,7-8H2,1-2H3. The van der Waals surface area contributed by atoms with Gasteiger partial charge in [-0.2, -0.15) is 0 Å². The fourth-order valence-corrected chi connectivity index (χ4v) is 3.26. The summed E-state index contributed by atoms with van der Waals surface area (Å²) >= 11 is 0. The van der Waals surface area contributed by atoms with Gasteiger partial charge in [0.15, 0.2) is 0 Å². The first-order chi connectivity index (χ1) is 8.40. The molecule has 0 saturated carbocycles. The number of carbonyl (C=O) groups excluding carboxylic acids is 1. The Morgan fingerprint density at radius 1 is 1.22 bits per heavy atom. The highest BCUT2D eigenvalue weighted by atomic mass is 32.2. The third kappa shape index (κ3) is 2.48. The first kappa shape index (κ1) is 12.9. The summed E-state index contributed by atoms with van der Waals surface area (Å²) in [5, 5.41) is 0. The SMILES string of the molecule is CC(C)Oc1ccc(N2C(=O)CCS2(=O)=O)cc1. The van der Waals surface area contributed by atoms with Gasteiger partial charge < -0.3 is 4.74 Å². The molecule has 1 aromatic carbocycles. The van der Waals surface area contributed by atoms with Gasteiger partial charge in [0.2, 0.25) is 15.9 Å². The molecule has 0 aromatic heterocycles. The number of nitrogens with zero attached hydrogens (tertiary/aromatic N) is 1. The van der Waals surface area contributed by atoms with Crippen LogP contribution >= 0.6 is 0 Å². The van der Waals surface area contributed by atoms with Crippen LogP contribution in [0.25, 0.3) is 0 Å². The number of benzene rings is 1. The minimum Gasteiger partial charge on any atom is -0.491 e. The van der Waals surface area contributed by atoms with Crippen molar-refractivity contribution in [3.05, 3.63) is 24.3 Å². The molecular formula is C12H15NO4S. The fourth-order valence-electron chi connectivity index (χ4n) is 1.80. The lowest BCUT2D eigenvalue weighted by molar-refractivity contribution is -0.116. The van der Waals surface area contributed by atoms with Gasteiger partial charge in [0, 0.05) is 6.42 Å². The molecule has 0 aliphatic carbocycles. The quantitative estimate of drug-likeness (QED) is 0.835. The zero-order valence-electron chi connectivity index (χ0n) is 10.3. The number of rotatable bonds is 3. The van der Waals surface area contributed by atoms with Gasteiger partial charge in [0.25, 0.3) is 0 Å². The maximum Gasteiger partial charge on any atom is 0.242 e. The molecule has 1 amide bonds. The van der Waals surface area contributed by atoms with Gasteiger partial charge in [-0.3, -0.25) is 4.79 Å². The number of ether oxygens (including phenoxy) is 1. The van der Waals surface area contributed by atoms with E-state index in [1.807, 2.05) is 13.8 Å². The summed E-state index contributed by atoms with van der Waals surface area (Å²) in [5.41, 5.74) is 0.369. The molecule has 6 heteroatoms. The smallest absolute Gasteiger partial charge is 0.242 e. The molecule has 0 radical (unpaired) electrons. The highest BCUT2D eigenvalue weighted by molar-refractivity contribution is 7.94. The molecule has 0 N–H and O–H groups in total. The summed E-state index contributed by atoms with van der Waals surface area (Å²) in [7, 11) is -3.48. The summed E-state index contributed by atoms with van der Waals surface area (Å²) in [5.74, 6) is 0.154. The Balaban J connectivity index is 2.27. The van der Waals surface area contributed by atoms with Gasteiger partial charge >= 0.3 is 0 Å². The average molecular weight is 269 g/mol. The Morgan fingerprint density at radius 3 is 2.28 bits per heavy atom. The van der Waals surface area contributed by atoms with E-state index in [1.54, 1.807) is 24.3 Å². The number of hydrogen-bond donors (Lipinski definition) is 0. The van der Waals surface area contributed by atoms with Gasteiger partial charge in [-0.05, 0) is 38.1 Å². The largest absolute Gasteiger partial charge is 0.491 e. The van der Waals surface area contributed by atoms with E-state index >= 15 is 0 Å². The molecule has 0 atom stereocenters. The lowest BCUT2D eigenvalue weighted by Crippen LogP contribution is -2.29. The highest BCUT2D eigenvalue weighted by Crippen LogP contribution is 2.27. The zero-order chi connectivity index (χ0) is 13.3. The van der Waals surface area contributed by atoms with Gasteiger partial charge in [0.1, 0.15) is 5.75 Å². The lowest BCUT2D eigenvalue weighted by atomic mass is 10.3. The molecule has 0 spiro atoms. The molecule has 2 rings (SSSR count). The van der Waals surface area contributed by atoms with Crippen LogP contribution in [0.1, 0.15) is 20.3 Å². The van der Waals surface area contributed by atoms with E-state index in [9.17, 15) is 13.2 Å². The van der Waals surface area contributed by atoms with Crippen molar-refractivity contribution in [2.75, 3.05) is 10.1 Å². The van der Waals surface area contributed by atoms with Crippen molar-refractivity contribution < 1.29 is 17.9 Å². The summed E-state index contributed by atoms with van der Waals surface area (Å²) < 4.78 is 29.7. The Hall–Kier alpha value is -1.56. The summed E-state index contributed by atoms with van der Waals surface area (Å²) in [6.45, 7) is 3.81. The Labute approximate surface area is 106 Å². The average Bonchev–Trinajstić information content (AvgIpc) is 2.54. The highest BCUT2D eigenvalue weighted by Gasteiger charge is 2.36. The molecule has 1 fully saturated rings. The van der Waals surface area contributed by atoms with E-state index in [2.05, 4.69) is 0 Å². The third-order valence-electron chi connectivity index (χ3n) is 2.52. The van der Waals surface area contributed by atoms with Crippen LogP contribution in [0.5, 0.6) is 5.75 Å². The third-order valence-corrected chi connectivity index (χ3v) is 4.21. The maximum absolute atomic E-state index is 11.7. The predicted molar refractivity (Wildman–Crippen MR) is 68.1 cm³/mol. The zero-order valence-corrected chi connectivity index (χ0v) is 11.1. The van der Waals surface area contributed by atoms with Crippen LogP contribution < -0.4 is 9.04 Å². The van der Waals surface area contributed by atoms with Crippen molar-refractivity contribution in [2.24, 2.45) is 0 Å². The molecule has 1 saturated heterocycles. The lowest BCUT2D eigenvalue weighted by Gasteiger charge is -2.16. The van der Waals surface area contributed by atoms with Crippen LogP contribution in [-0.2, 0) is 14.8 Å². The summed E-state index contributed by atoms with van der Waals surface area (Å²) in [6, 6.07) is 6.49. The van der Waals surface area contributed by atoms with Gasteiger partial charge in [-0.15, -0.1) is 0 Å². The van der Waals surface area contributed by atoms with Crippen molar-refractivity contribution >= 4 is 21.6 Å². The minimum absolute atomic E-state index is 0.0482. The van der Waals surface area contributed by atoms with E-state index in [4.69, 9.17) is 4.74 Å². The van der Waals surface area contributed by atoms with Crippen molar-refractivity contribution in [1.29, 1.82) is 0 Å². The monoisotopic (exact) mass is 269 g/mol. The van der Waals surface area contributed by atoms with Crippen molar-refractivity contribution in [3.63, 3.8) is 0 Å². The first-order valence-corrected chi connectivity index (χ1v) is 7.33. The van der Waals surface area contributed by atoms with Gasteiger partial charge in [-0.1, -0.05) is 0 Å². The van der Waals surface area contributed by atoms with Crippen molar-refractivity contribution in [3.8, 4) is 5.75 Å². The molecule has 1 aromatic rings. The molecule has 1 aliphatic rings.